The van der Waals surface area contributed by atoms with Crippen molar-refractivity contribution >= 4 is 22.0 Å². The average Bonchev–Trinajstić information content (AvgIpc) is 2.60. The molecule has 0 aliphatic carbocycles. The molecule has 0 saturated carbocycles. The largest absolute Gasteiger partial charge is 0.444 e. The van der Waals surface area contributed by atoms with E-state index in [1.165, 1.54) is 0 Å². The Morgan fingerprint density at radius 3 is 2.81 bits per heavy atom. The summed E-state index contributed by atoms with van der Waals surface area (Å²) in [5.74, 6) is 0. The fourth-order valence-electron chi connectivity index (χ4n) is 2.81. The van der Waals surface area contributed by atoms with E-state index in [9.17, 15) is 4.79 Å². The molecule has 1 amide bonds. The monoisotopic (exact) mass is 363 g/mol. The molecule has 5 nitrogen and oxygen atoms in total. The maximum atomic E-state index is 12.2. The molecule has 6 heteroatoms. The number of hydrogen-bond donors (Lipinski definition) is 0. The molecule has 0 bridgehead atoms. The minimum atomic E-state index is -0.452. The van der Waals surface area contributed by atoms with E-state index in [-0.39, 0.29) is 17.8 Å². The Morgan fingerprint density at radius 1 is 1.38 bits per heavy atom. The van der Waals surface area contributed by atoms with Crippen LogP contribution in [0.15, 0.2) is 0 Å². The Morgan fingerprint density at radius 2 is 2.14 bits per heavy atom. The SMILES string of the molecule is CC(C)(C)OC(=O)N1CCCC2(CC1)COCC(CBr)O2. The van der Waals surface area contributed by atoms with Gasteiger partial charge in [0.1, 0.15) is 5.60 Å². The minimum Gasteiger partial charge on any atom is -0.444 e. The van der Waals surface area contributed by atoms with Gasteiger partial charge in [-0.1, -0.05) is 15.9 Å². The molecule has 0 aromatic carbocycles. The number of nitrogens with zero attached hydrogens (tertiary/aromatic N) is 1. The first kappa shape index (κ1) is 17.0. The van der Waals surface area contributed by atoms with Gasteiger partial charge in [0.25, 0.3) is 0 Å². The van der Waals surface area contributed by atoms with E-state index < -0.39 is 5.60 Å². The van der Waals surface area contributed by atoms with Crippen LogP contribution >= 0.6 is 15.9 Å². The second-order valence-electron chi connectivity index (χ2n) is 6.91. The summed E-state index contributed by atoms with van der Waals surface area (Å²) in [6.45, 7) is 8.32. The highest BCUT2D eigenvalue weighted by Gasteiger charge is 2.40. The Kier molecular flexibility index (Phi) is 5.54. The molecule has 0 aromatic rings. The Labute approximate surface area is 135 Å². The zero-order chi connectivity index (χ0) is 15.5. The summed E-state index contributed by atoms with van der Waals surface area (Å²) in [4.78, 5) is 14.0. The van der Waals surface area contributed by atoms with Gasteiger partial charge in [0.05, 0.1) is 24.9 Å². The third kappa shape index (κ3) is 4.83. The van der Waals surface area contributed by atoms with Crippen molar-refractivity contribution in [1.29, 1.82) is 0 Å². The van der Waals surface area contributed by atoms with Crippen LogP contribution in [0.2, 0.25) is 0 Å². The van der Waals surface area contributed by atoms with Gasteiger partial charge in [0, 0.05) is 18.4 Å². The van der Waals surface area contributed by atoms with Crippen LogP contribution < -0.4 is 0 Å². The van der Waals surface area contributed by atoms with E-state index in [0.29, 0.717) is 19.8 Å². The molecule has 2 saturated heterocycles. The van der Waals surface area contributed by atoms with Crippen molar-refractivity contribution < 1.29 is 19.0 Å². The average molecular weight is 364 g/mol. The third-order valence-corrected chi connectivity index (χ3v) is 4.53. The topological polar surface area (TPSA) is 48.0 Å². The summed E-state index contributed by atoms with van der Waals surface area (Å²) in [5.41, 5.74) is -0.694. The van der Waals surface area contributed by atoms with Crippen molar-refractivity contribution in [2.24, 2.45) is 0 Å². The molecule has 0 N–H and O–H groups in total. The highest BCUT2D eigenvalue weighted by atomic mass is 79.9. The minimum absolute atomic E-state index is 0.104. The van der Waals surface area contributed by atoms with Crippen LogP contribution in [0.25, 0.3) is 0 Å². The van der Waals surface area contributed by atoms with Crippen LogP contribution in [0.4, 0.5) is 4.79 Å². The number of carbonyl (C=O) groups is 1. The molecule has 0 aromatic heterocycles. The van der Waals surface area contributed by atoms with Crippen LogP contribution in [-0.2, 0) is 14.2 Å². The fourth-order valence-corrected chi connectivity index (χ4v) is 3.13. The van der Waals surface area contributed by atoms with Gasteiger partial charge in [-0.05, 0) is 40.0 Å². The summed E-state index contributed by atoms with van der Waals surface area (Å²) in [6, 6.07) is 0. The lowest BCUT2D eigenvalue weighted by Gasteiger charge is -2.40. The maximum Gasteiger partial charge on any atom is 0.410 e. The predicted molar refractivity (Wildman–Crippen MR) is 83.9 cm³/mol. The van der Waals surface area contributed by atoms with Gasteiger partial charge in [-0.15, -0.1) is 0 Å². The molecule has 2 rings (SSSR count). The summed E-state index contributed by atoms with van der Waals surface area (Å²) in [7, 11) is 0. The zero-order valence-electron chi connectivity index (χ0n) is 13.2. The van der Waals surface area contributed by atoms with Gasteiger partial charge in [-0.25, -0.2) is 4.79 Å². The normalized spacial score (nSPS) is 31.0. The molecule has 2 unspecified atom stereocenters. The first-order valence-corrected chi connectivity index (χ1v) is 8.75. The maximum absolute atomic E-state index is 12.2. The van der Waals surface area contributed by atoms with Crippen molar-refractivity contribution in [3.05, 3.63) is 0 Å². The molecular weight excluding hydrogens is 338 g/mol. The number of alkyl halides is 1. The van der Waals surface area contributed by atoms with Crippen LogP contribution in [0.5, 0.6) is 0 Å². The molecule has 0 radical (unpaired) electrons. The van der Waals surface area contributed by atoms with Gasteiger partial charge < -0.3 is 19.1 Å². The second-order valence-corrected chi connectivity index (χ2v) is 7.56. The van der Waals surface area contributed by atoms with Gasteiger partial charge in [0.15, 0.2) is 0 Å². The van der Waals surface area contributed by atoms with Crippen molar-refractivity contribution in [3.8, 4) is 0 Å². The number of carbonyl (C=O) groups excluding carboxylic acids is 1. The lowest BCUT2D eigenvalue weighted by Crippen LogP contribution is -2.49. The second kappa shape index (κ2) is 6.84. The van der Waals surface area contributed by atoms with Crippen molar-refractivity contribution in [2.75, 3.05) is 31.6 Å². The number of halogens is 1. The zero-order valence-corrected chi connectivity index (χ0v) is 14.8. The summed E-state index contributed by atoms with van der Waals surface area (Å²) in [5, 5.41) is 0.782. The quantitative estimate of drug-likeness (QED) is 0.672. The summed E-state index contributed by atoms with van der Waals surface area (Å²) in [6.07, 6.45) is 2.52. The van der Waals surface area contributed by atoms with Crippen LogP contribution in [0.3, 0.4) is 0 Å². The highest BCUT2D eigenvalue weighted by Crippen LogP contribution is 2.32. The standard InChI is InChI=1S/C15H26BrNO4/c1-14(2,3)21-13(18)17-7-4-5-15(6-8-17)11-19-10-12(9-16)20-15/h12H,4-11H2,1-3H3. The molecule has 1 spiro atoms. The molecule has 2 heterocycles. The molecule has 2 aliphatic heterocycles. The van der Waals surface area contributed by atoms with Gasteiger partial charge in [-0.2, -0.15) is 0 Å². The number of rotatable bonds is 1. The Bertz CT molecular complexity index is 371. The van der Waals surface area contributed by atoms with Gasteiger partial charge in [0.2, 0.25) is 0 Å². The lowest BCUT2D eigenvalue weighted by molar-refractivity contribution is -0.195. The molecule has 2 atom stereocenters. The van der Waals surface area contributed by atoms with E-state index >= 15 is 0 Å². The molecular formula is C15H26BrNO4. The number of ether oxygens (including phenoxy) is 3. The van der Waals surface area contributed by atoms with Gasteiger partial charge in [-0.3, -0.25) is 0 Å². The van der Waals surface area contributed by atoms with Crippen molar-refractivity contribution in [1.82, 2.24) is 4.90 Å². The molecule has 2 aliphatic rings. The predicted octanol–water partition coefficient (Wildman–Crippen LogP) is 2.96. The van der Waals surface area contributed by atoms with E-state index in [1.54, 1.807) is 4.90 Å². The first-order chi connectivity index (χ1) is 9.84. The summed E-state index contributed by atoms with van der Waals surface area (Å²) >= 11 is 3.46. The molecule has 2 fully saturated rings. The number of amides is 1. The smallest absolute Gasteiger partial charge is 0.410 e. The van der Waals surface area contributed by atoms with E-state index in [1.807, 2.05) is 20.8 Å². The summed E-state index contributed by atoms with van der Waals surface area (Å²) < 4.78 is 17.4. The Balaban J connectivity index is 1.94. The molecule has 21 heavy (non-hydrogen) atoms. The van der Waals surface area contributed by atoms with Crippen LogP contribution in [0, 0.1) is 0 Å². The fraction of sp³-hybridized carbons (Fsp3) is 0.933. The van der Waals surface area contributed by atoms with E-state index in [4.69, 9.17) is 14.2 Å². The van der Waals surface area contributed by atoms with E-state index in [2.05, 4.69) is 15.9 Å². The van der Waals surface area contributed by atoms with Crippen molar-refractivity contribution in [3.63, 3.8) is 0 Å². The van der Waals surface area contributed by atoms with Crippen LogP contribution in [0.1, 0.15) is 40.0 Å². The third-order valence-electron chi connectivity index (χ3n) is 3.81. The van der Waals surface area contributed by atoms with Crippen LogP contribution in [-0.4, -0.2) is 59.9 Å². The van der Waals surface area contributed by atoms with Gasteiger partial charge >= 0.3 is 6.09 Å². The Hall–Kier alpha value is -0.330. The lowest BCUT2D eigenvalue weighted by atomic mass is 9.94. The number of likely N-dealkylation sites (tertiary alicyclic amines) is 1. The molecule has 122 valence electrons. The van der Waals surface area contributed by atoms with E-state index in [0.717, 1.165) is 31.1 Å². The number of hydrogen-bond acceptors (Lipinski definition) is 4. The first-order valence-electron chi connectivity index (χ1n) is 7.63. The van der Waals surface area contributed by atoms with Crippen molar-refractivity contribution in [2.45, 2.75) is 57.3 Å². The highest BCUT2D eigenvalue weighted by molar-refractivity contribution is 9.09.